The van der Waals surface area contributed by atoms with E-state index < -0.39 is 5.91 Å². The number of hydrogen-bond acceptors (Lipinski definition) is 9. The Labute approximate surface area is 176 Å². The molecule has 2 amide bonds. The van der Waals surface area contributed by atoms with Crippen molar-refractivity contribution >= 4 is 34.9 Å². The molecule has 0 saturated carbocycles. The van der Waals surface area contributed by atoms with E-state index in [2.05, 4.69) is 34.0 Å². The van der Waals surface area contributed by atoms with E-state index in [0.717, 1.165) is 44.5 Å². The Balaban J connectivity index is 2.23. The second-order valence-corrected chi connectivity index (χ2v) is 7.90. The highest BCUT2D eigenvalue weighted by Gasteiger charge is 2.25. The summed E-state index contributed by atoms with van der Waals surface area (Å²) in [6, 6.07) is 1.68. The number of amides is 2. The Bertz CT molecular complexity index is 751. The van der Waals surface area contributed by atoms with E-state index >= 15 is 0 Å². The third-order valence-corrected chi connectivity index (χ3v) is 5.22. The maximum absolute atomic E-state index is 11.9. The number of aromatic nitrogens is 2. The quantitative estimate of drug-likeness (QED) is 0.533. The predicted octanol–water partition coefficient (Wildman–Crippen LogP) is 1.52. The van der Waals surface area contributed by atoms with Gasteiger partial charge in [-0.2, -0.15) is 4.98 Å². The van der Waals surface area contributed by atoms with Gasteiger partial charge in [0.15, 0.2) is 0 Å². The van der Waals surface area contributed by atoms with Crippen LogP contribution in [0.15, 0.2) is 11.0 Å². The minimum absolute atomic E-state index is 0.310. The van der Waals surface area contributed by atoms with Crippen molar-refractivity contribution in [2.24, 2.45) is 0 Å². The number of hydrogen-bond donors (Lipinski definition) is 1. The Hall–Kier alpha value is -2.17. The fourth-order valence-corrected chi connectivity index (χ4v) is 3.23. The van der Waals surface area contributed by atoms with Gasteiger partial charge in [-0.1, -0.05) is 13.8 Å². The summed E-state index contributed by atoms with van der Waals surface area (Å²) < 4.78 is 5.80. The van der Waals surface area contributed by atoms with Gasteiger partial charge in [-0.3, -0.25) is 14.9 Å². The number of carbonyl (C=O) groups excluding carboxylic acids is 2. The fraction of sp³-hybridized carbons (Fsp3) is 0.579. The van der Waals surface area contributed by atoms with Gasteiger partial charge in [-0.15, -0.1) is 0 Å². The lowest BCUT2D eigenvalue weighted by atomic mass is 10.3. The Morgan fingerprint density at radius 1 is 1.10 bits per heavy atom. The zero-order chi connectivity index (χ0) is 21.4. The topological polar surface area (TPSA) is 90.9 Å². The van der Waals surface area contributed by atoms with Crippen molar-refractivity contribution in [1.82, 2.24) is 25.1 Å². The highest BCUT2D eigenvalue weighted by molar-refractivity contribution is 8.18. The number of carbonyl (C=O) groups is 2. The molecule has 2 rings (SSSR count). The molecule has 10 heteroatoms. The number of anilines is 1. The summed E-state index contributed by atoms with van der Waals surface area (Å²) in [6.07, 6.45) is 1.59. The summed E-state index contributed by atoms with van der Waals surface area (Å²) in [5, 5.41) is 1.87. The molecule has 0 atom stereocenters. The molecule has 0 unspecified atom stereocenters. The van der Waals surface area contributed by atoms with Crippen LogP contribution in [0, 0.1) is 0 Å². The van der Waals surface area contributed by atoms with E-state index in [-0.39, 0.29) is 5.24 Å². The van der Waals surface area contributed by atoms with E-state index in [1.54, 1.807) is 12.1 Å². The van der Waals surface area contributed by atoms with Gasteiger partial charge in [0.05, 0.1) is 10.6 Å². The number of imide groups is 1. The van der Waals surface area contributed by atoms with Crippen molar-refractivity contribution < 1.29 is 14.3 Å². The number of ether oxygens (including phenoxy) is 1. The average Bonchev–Trinajstić information content (AvgIpc) is 2.98. The molecule has 1 fully saturated rings. The number of nitrogens with one attached hydrogen (secondary N) is 1. The third-order valence-electron chi connectivity index (χ3n) is 4.41. The number of likely N-dealkylation sites (N-methyl/N-ethyl adjacent to an activating group) is 3. The first kappa shape index (κ1) is 23.1. The summed E-state index contributed by atoms with van der Waals surface area (Å²) in [6.45, 7) is 9.11. The highest BCUT2D eigenvalue weighted by atomic mass is 32.2. The molecule has 0 radical (unpaired) electrons. The Morgan fingerprint density at radius 3 is 2.41 bits per heavy atom. The van der Waals surface area contributed by atoms with Crippen LogP contribution >= 0.6 is 11.8 Å². The molecule has 1 aromatic heterocycles. The molecule has 1 aliphatic heterocycles. The molecule has 160 valence electrons. The number of thioether (sulfide) groups is 1. The van der Waals surface area contributed by atoms with Crippen LogP contribution in [0.3, 0.4) is 0 Å². The van der Waals surface area contributed by atoms with Gasteiger partial charge in [-0.05, 0) is 45.0 Å². The summed E-state index contributed by atoms with van der Waals surface area (Å²) in [5.41, 5.74) is 0.525. The summed E-state index contributed by atoms with van der Waals surface area (Å²) in [4.78, 5) is 39.0. The van der Waals surface area contributed by atoms with Gasteiger partial charge in [0.1, 0.15) is 6.61 Å². The van der Waals surface area contributed by atoms with Crippen LogP contribution in [-0.4, -0.2) is 91.4 Å². The fourth-order valence-electron chi connectivity index (χ4n) is 2.57. The van der Waals surface area contributed by atoms with Gasteiger partial charge in [0.25, 0.3) is 11.1 Å². The van der Waals surface area contributed by atoms with E-state index in [4.69, 9.17) is 4.74 Å². The van der Waals surface area contributed by atoms with Gasteiger partial charge in [-0.25, -0.2) is 4.98 Å². The maximum atomic E-state index is 11.9. The molecular formula is C19H30N6O3S. The minimum atomic E-state index is -0.412. The van der Waals surface area contributed by atoms with Crippen molar-refractivity contribution in [3.05, 3.63) is 16.7 Å². The van der Waals surface area contributed by atoms with Crippen molar-refractivity contribution in [3.63, 3.8) is 0 Å². The molecule has 0 aliphatic carbocycles. The second-order valence-electron chi connectivity index (χ2n) is 6.88. The predicted molar refractivity (Wildman–Crippen MR) is 116 cm³/mol. The largest absolute Gasteiger partial charge is 0.476 e. The van der Waals surface area contributed by atoms with Crippen LogP contribution in [-0.2, 0) is 4.79 Å². The monoisotopic (exact) mass is 422 g/mol. The van der Waals surface area contributed by atoms with Crippen LogP contribution in [0.2, 0.25) is 0 Å². The molecular weight excluding hydrogens is 392 g/mol. The van der Waals surface area contributed by atoms with Gasteiger partial charge >= 0.3 is 0 Å². The van der Waals surface area contributed by atoms with Crippen molar-refractivity contribution in [2.75, 3.05) is 65.4 Å². The van der Waals surface area contributed by atoms with Crippen LogP contribution in [0.25, 0.3) is 6.08 Å². The second kappa shape index (κ2) is 11.1. The SMILES string of the molecule is CCN(CC)CCN(C)c1nc(/C=C2/SC(=O)NC2=O)cc(OCCN(C)C)n1. The van der Waals surface area contributed by atoms with Crippen LogP contribution in [0.4, 0.5) is 10.7 Å². The lowest BCUT2D eigenvalue weighted by molar-refractivity contribution is -0.115. The van der Waals surface area contributed by atoms with Crippen LogP contribution < -0.4 is 15.0 Å². The average molecular weight is 423 g/mol. The molecule has 9 nitrogen and oxygen atoms in total. The van der Waals surface area contributed by atoms with Crippen molar-refractivity contribution in [3.8, 4) is 5.88 Å². The molecule has 0 spiro atoms. The molecule has 1 aromatic rings. The third kappa shape index (κ3) is 7.30. The standard InChI is InChI=1S/C19H30N6O3S/c1-6-25(7-2)9-8-24(5)18-20-14(12-15-17(26)22-19(27)29-15)13-16(21-18)28-11-10-23(3)4/h12-13H,6-11H2,1-5H3,(H,22,26,27)/b15-12+. The number of rotatable bonds is 11. The molecule has 0 bridgehead atoms. The zero-order valence-corrected chi connectivity index (χ0v) is 18.6. The van der Waals surface area contributed by atoms with Gasteiger partial charge in [0, 0.05) is 32.7 Å². The lowest BCUT2D eigenvalue weighted by Crippen LogP contribution is -2.33. The van der Waals surface area contributed by atoms with Crippen molar-refractivity contribution in [1.29, 1.82) is 0 Å². The summed E-state index contributed by atoms with van der Waals surface area (Å²) >= 11 is 0.864. The highest BCUT2D eigenvalue weighted by Crippen LogP contribution is 2.26. The van der Waals surface area contributed by atoms with E-state index in [9.17, 15) is 9.59 Å². The van der Waals surface area contributed by atoms with E-state index in [0.29, 0.717) is 29.0 Å². The van der Waals surface area contributed by atoms with Crippen LogP contribution in [0.1, 0.15) is 19.5 Å². The summed E-state index contributed by atoms with van der Waals surface area (Å²) in [5.74, 6) is 0.541. The molecule has 1 N–H and O–H groups in total. The minimum Gasteiger partial charge on any atom is -0.476 e. The first-order chi connectivity index (χ1) is 13.8. The first-order valence-electron chi connectivity index (χ1n) is 9.67. The van der Waals surface area contributed by atoms with Gasteiger partial charge in [0.2, 0.25) is 11.8 Å². The molecule has 29 heavy (non-hydrogen) atoms. The smallest absolute Gasteiger partial charge is 0.290 e. The van der Waals surface area contributed by atoms with E-state index in [1.165, 1.54) is 0 Å². The molecule has 1 saturated heterocycles. The molecule has 1 aliphatic rings. The normalized spacial score (nSPS) is 15.5. The summed E-state index contributed by atoms with van der Waals surface area (Å²) in [7, 11) is 5.87. The number of nitrogens with zero attached hydrogens (tertiary/aromatic N) is 5. The van der Waals surface area contributed by atoms with E-state index in [1.807, 2.05) is 30.9 Å². The van der Waals surface area contributed by atoms with Crippen molar-refractivity contribution in [2.45, 2.75) is 13.8 Å². The lowest BCUT2D eigenvalue weighted by Gasteiger charge is -2.23. The molecule has 0 aromatic carbocycles. The first-order valence-corrected chi connectivity index (χ1v) is 10.5. The molecule has 2 heterocycles. The van der Waals surface area contributed by atoms with Crippen LogP contribution in [0.5, 0.6) is 5.88 Å². The Morgan fingerprint density at radius 2 is 1.83 bits per heavy atom. The zero-order valence-electron chi connectivity index (χ0n) is 17.8. The van der Waals surface area contributed by atoms with Gasteiger partial charge < -0.3 is 19.4 Å². The Kier molecular flexibility index (Phi) is 8.87. The maximum Gasteiger partial charge on any atom is 0.290 e.